The molecular formula is C19H18FN5O3. The van der Waals surface area contributed by atoms with Gasteiger partial charge in [-0.15, -0.1) is 0 Å². The summed E-state index contributed by atoms with van der Waals surface area (Å²) >= 11 is 0. The minimum Gasteiger partial charge on any atom is -0.388 e. The molecule has 0 spiro atoms. The Morgan fingerprint density at radius 3 is 2.82 bits per heavy atom. The second-order valence-electron chi connectivity index (χ2n) is 6.72. The summed E-state index contributed by atoms with van der Waals surface area (Å²) in [5, 5.41) is 16.4. The molecule has 3 aromatic rings. The molecule has 0 saturated carbocycles. The minimum absolute atomic E-state index is 0.0517. The van der Waals surface area contributed by atoms with E-state index in [1.54, 1.807) is 43.3 Å². The Bertz CT molecular complexity index is 1060. The fourth-order valence-electron chi connectivity index (χ4n) is 3.19. The number of likely N-dealkylation sites (tertiary alicyclic amines) is 1. The molecule has 2 atom stereocenters. The first-order valence-corrected chi connectivity index (χ1v) is 8.76. The van der Waals surface area contributed by atoms with Gasteiger partial charge in [0.1, 0.15) is 24.3 Å². The van der Waals surface area contributed by atoms with E-state index in [1.807, 2.05) is 0 Å². The molecule has 8 nitrogen and oxygen atoms in total. The lowest BCUT2D eigenvalue weighted by molar-refractivity contribution is 0.0764. The van der Waals surface area contributed by atoms with Crippen LogP contribution < -0.4 is 5.32 Å². The van der Waals surface area contributed by atoms with Gasteiger partial charge in [0.25, 0.3) is 11.8 Å². The number of aliphatic hydroxyl groups excluding tert-OH is 1. The zero-order chi connectivity index (χ0) is 19.8. The molecule has 0 unspecified atom stereocenters. The Labute approximate surface area is 159 Å². The van der Waals surface area contributed by atoms with Crippen LogP contribution in [0.1, 0.15) is 26.4 Å². The number of hydrogen-bond acceptors (Lipinski definition) is 5. The van der Waals surface area contributed by atoms with Crippen molar-refractivity contribution in [2.45, 2.75) is 19.2 Å². The molecule has 1 fully saturated rings. The molecule has 2 amide bonds. The predicted molar refractivity (Wildman–Crippen MR) is 98.9 cm³/mol. The fourth-order valence-corrected chi connectivity index (χ4v) is 3.19. The van der Waals surface area contributed by atoms with Crippen LogP contribution in [-0.4, -0.2) is 61.8 Å². The molecule has 2 aromatic heterocycles. The first-order valence-electron chi connectivity index (χ1n) is 8.76. The van der Waals surface area contributed by atoms with E-state index < -0.39 is 24.1 Å². The zero-order valence-corrected chi connectivity index (χ0v) is 15.0. The minimum atomic E-state index is -1.45. The van der Waals surface area contributed by atoms with E-state index in [0.717, 1.165) is 5.56 Å². The Balaban J connectivity index is 1.58. The number of carbonyl (C=O) groups is 2. The number of nitrogens with one attached hydrogen (secondary N) is 1. The van der Waals surface area contributed by atoms with Crippen LogP contribution in [0.15, 0.2) is 42.7 Å². The maximum atomic E-state index is 13.5. The molecule has 0 aliphatic carbocycles. The van der Waals surface area contributed by atoms with E-state index in [9.17, 15) is 19.1 Å². The summed E-state index contributed by atoms with van der Waals surface area (Å²) < 4.78 is 15.0. The van der Waals surface area contributed by atoms with Crippen LogP contribution in [0.4, 0.5) is 10.1 Å². The molecule has 1 aliphatic heterocycles. The number of β-amino-alcohol motifs (C(OH)–C–C–N with tert-alkyl or cyclic N) is 1. The maximum Gasteiger partial charge on any atom is 0.274 e. The highest BCUT2D eigenvalue weighted by Crippen LogP contribution is 2.22. The number of halogens is 1. The highest BCUT2D eigenvalue weighted by atomic mass is 19.1. The molecule has 0 radical (unpaired) electrons. The number of benzene rings is 1. The number of nitrogens with zero attached hydrogens (tertiary/aromatic N) is 4. The van der Waals surface area contributed by atoms with Gasteiger partial charge in [-0.2, -0.15) is 5.10 Å². The van der Waals surface area contributed by atoms with Gasteiger partial charge >= 0.3 is 0 Å². The number of hydrogen-bond donors (Lipinski definition) is 2. The number of pyridine rings is 1. The van der Waals surface area contributed by atoms with Crippen molar-refractivity contribution in [3.05, 3.63) is 59.5 Å². The normalized spacial score (nSPS) is 19.2. The summed E-state index contributed by atoms with van der Waals surface area (Å²) in [6, 6.07) is 9.93. The Morgan fingerprint density at radius 2 is 2.07 bits per heavy atom. The van der Waals surface area contributed by atoms with Crippen LogP contribution in [0, 0.1) is 6.92 Å². The lowest BCUT2D eigenvalue weighted by Crippen LogP contribution is -2.29. The van der Waals surface area contributed by atoms with Crippen LogP contribution in [0.3, 0.4) is 0 Å². The highest BCUT2D eigenvalue weighted by Gasteiger charge is 2.34. The number of carbonyl (C=O) groups excluding carboxylic acids is 2. The Morgan fingerprint density at radius 1 is 1.25 bits per heavy atom. The van der Waals surface area contributed by atoms with Crippen molar-refractivity contribution >= 4 is 23.1 Å². The van der Waals surface area contributed by atoms with Gasteiger partial charge in [-0.05, 0) is 36.8 Å². The second-order valence-corrected chi connectivity index (χ2v) is 6.72. The lowest BCUT2D eigenvalue weighted by atomic mass is 10.1. The van der Waals surface area contributed by atoms with Crippen molar-refractivity contribution in [3.8, 4) is 0 Å². The summed E-state index contributed by atoms with van der Waals surface area (Å²) in [6.07, 6.45) is -1.26. The van der Waals surface area contributed by atoms with E-state index in [2.05, 4.69) is 15.4 Å². The molecule has 3 heterocycles. The topological polar surface area (TPSA) is 99.8 Å². The van der Waals surface area contributed by atoms with Gasteiger partial charge in [0.2, 0.25) is 0 Å². The number of rotatable bonds is 3. The van der Waals surface area contributed by atoms with Gasteiger partial charge < -0.3 is 15.3 Å². The monoisotopic (exact) mass is 383 g/mol. The second kappa shape index (κ2) is 7.01. The lowest BCUT2D eigenvalue weighted by Gasteiger charge is -2.17. The molecule has 1 aliphatic rings. The number of anilines is 1. The molecule has 9 heteroatoms. The van der Waals surface area contributed by atoms with E-state index in [0.29, 0.717) is 22.6 Å². The number of alkyl halides is 1. The van der Waals surface area contributed by atoms with E-state index >= 15 is 0 Å². The summed E-state index contributed by atoms with van der Waals surface area (Å²) in [5.41, 5.74) is 2.38. The van der Waals surface area contributed by atoms with Gasteiger partial charge in [0.05, 0.1) is 6.54 Å². The van der Waals surface area contributed by atoms with Crippen molar-refractivity contribution in [1.82, 2.24) is 19.5 Å². The van der Waals surface area contributed by atoms with Gasteiger partial charge in [-0.25, -0.2) is 13.9 Å². The smallest absolute Gasteiger partial charge is 0.274 e. The number of aryl methyl sites for hydroxylation is 1. The molecule has 0 bridgehead atoms. The van der Waals surface area contributed by atoms with Crippen molar-refractivity contribution in [3.63, 3.8) is 0 Å². The van der Waals surface area contributed by atoms with Crippen molar-refractivity contribution in [2.75, 3.05) is 18.4 Å². The molecule has 1 saturated heterocycles. The zero-order valence-electron chi connectivity index (χ0n) is 15.0. The van der Waals surface area contributed by atoms with Crippen molar-refractivity contribution < 1.29 is 19.1 Å². The van der Waals surface area contributed by atoms with Gasteiger partial charge in [-0.1, -0.05) is 12.1 Å². The summed E-state index contributed by atoms with van der Waals surface area (Å²) in [5.74, 6) is -0.794. The van der Waals surface area contributed by atoms with Crippen LogP contribution >= 0.6 is 0 Å². The SMILES string of the molecule is Cc1ccc(C(=O)N2C[C@@H](O)[C@H](F)C2)cc1NC(=O)c1cccc2ncnn12. The molecule has 4 rings (SSSR count). The number of amides is 2. The maximum absolute atomic E-state index is 13.5. The average Bonchev–Trinajstić information content (AvgIpc) is 3.29. The van der Waals surface area contributed by atoms with Crippen molar-refractivity contribution in [2.24, 2.45) is 0 Å². The van der Waals surface area contributed by atoms with Crippen LogP contribution in [0.25, 0.3) is 5.65 Å². The first-order chi connectivity index (χ1) is 13.4. The third kappa shape index (κ3) is 3.20. The highest BCUT2D eigenvalue weighted by molar-refractivity contribution is 6.04. The van der Waals surface area contributed by atoms with Gasteiger partial charge in [0.15, 0.2) is 5.65 Å². The number of aromatic nitrogens is 3. The molecule has 28 heavy (non-hydrogen) atoms. The van der Waals surface area contributed by atoms with Gasteiger partial charge in [0, 0.05) is 17.8 Å². The third-order valence-corrected chi connectivity index (χ3v) is 4.77. The van der Waals surface area contributed by atoms with Crippen LogP contribution in [0.2, 0.25) is 0 Å². The quantitative estimate of drug-likeness (QED) is 0.713. The van der Waals surface area contributed by atoms with Crippen LogP contribution in [-0.2, 0) is 0 Å². The predicted octanol–water partition coefficient (Wildman–Crippen LogP) is 1.44. The third-order valence-electron chi connectivity index (χ3n) is 4.77. The largest absolute Gasteiger partial charge is 0.388 e. The van der Waals surface area contributed by atoms with Crippen molar-refractivity contribution in [1.29, 1.82) is 0 Å². The Kier molecular flexibility index (Phi) is 4.52. The van der Waals surface area contributed by atoms with E-state index in [4.69, 9.17) is 0 Å². The molecular weight excluding hydrogens is 365 g/mol. The first kappa shape index (κ1) is 18.1. The summed E-state index contributed by atoms with van der Waals surface area (Å²) in [4.78, 5) is 30.7. The van der Waals surface area contributed by atoms with Crippen LogP contribution in [0.5, 0.6) is 0 Å². The van der Waals surface area contributed by atoms with E-state index in [1.165, 1.54) is 15.7 Å². The molecule has 144 valence electrons. The Hall–Kier alpha value is -3.33. The summed E-state index contributed by atoms with van der Waals surface area (Å²) in [7, 11) is 0. The number of fused-ring (bicyclic) bond motifs is 1. The number of aliphatic hydroxyl groups is 1. The van der Waals surface area contributed by atoms with E-state index in [-0.39, 0.29) is 13.1 Å². The standard InChI is InChI=1S/C19H18FN5O3/c1-11-5-6-12(19(28)24-8-13(20)16(26)9-24)7-14(11)23-18(27)15-3-2-4-17-21-10-22-25(15)17/h2-7,10,13,16,26H,8-9H2,1H3,(H,23,27)/t13-,16-/m1/s1. The van der Waals surface area contributed by atoms with Gasteiger partial charge in [-0.3, -0.25) is 9.59 Å². The summed E-state index contributed by atoms with van der Waals surface area (Å²) in [6.45, 7) is 1.60. The fraction of sp³-hybridized carbons (Fsp3) is 0.263. The molecule has 1 aromatic carbocycles. The molecule has 2 N–H and O–H groups in total. The average molecular weight is 383 g/mol.